The second-order valence-corrected chi connectivity index (χ2v) is 8.42. The van der Waals surface area contributed by atoms with Crippen molar-refractivity contribution in [2.24, 2.45) is 16.8 Å². The number of aliphatic imine (C=N–C) groups is 1. The number of nitrogens with zero attached hydrogens (tertiary/aromatic N) is 3. The van der Waals surface area contributed by atoms with Gasteiger partial charge in [-0.25, -0.2) is 4.98 Å². The van der Waals surface area contributed by atoms with Gasteiger partial charge in [-0.05, 0) is 44.6 Å². The molecule has 6 nitrogen and oxygen atoms in total. The van der Waals surface area contributed by atoms with E-state index < -0.39 is 0 Å². The van der Waals surface area contributed by atoms with Crippen LogP contribution < -0.4 is 10.1 Å². The lowest BCUT2D eigenvalue weighted by molar-refractivity contribution is 0.0767. The molecular formula is C21H30N4O2. The zero-order chi connectivity index (χ0) is 18.2. The van der Waals surface area contributed by atoms with Crippen LogP contribution in [0.15, 0.2) is 23.3 Å². The van der Waals surface area contributed by atoms with Gasteiger partial charge in [-0.1, -0.05) is 6.07 Å². The molecule has 0 radical (unpaired) electrons. The van der Waals surface area contributed by atoms with Crippen LogP contribution in [0.4, 0.5) is 0 Å². The Hall–Kier alpha value is -1.82. The molecule has 2 bridgehead atoms. The van der Waals surface area contributed by atoms with Gasteiger partial charge in [0.15, 0.2) is 5.96 Å². The van der Waals surface area contributed by atoms with Crippen molar-refractivity contribution in [3.05, 3.63) is 23.9 Å². The number of guanidine groups is 1. The summed E-state index contributed by atoms with van der Waals surface area (Å²) in [4.78, 5) is 11.4. The molecule has 4 unspecified atom stereocenters. The average molecular weight is 370 g/mol. The molecule has 3 saturated heterocycles. The molecule has 0 amide bonds. The van der Waals surface area contributed by atoms with Crippen molar-refractivity contribution >= 4 is 5.96 Å². The maximum Gasteiger partial charge on any atom is 0.218 e. The molecule has 1 saturated carbocycles. The quantitative estimate of drug-likeness (QED) is 0.652. The molecule has 6 heteroatoms. The molecule has 4 atom stereocenters. The summed E-state index contributed by atoms with van der Waals surface area (Å²) in [5, 5.41) is 3.55. The predicted molar refractivity (Wildman–Crippen MR) is 104 cm³/mol. The topological polar surface area (TPSA) is 59.0 Å². The van der Waals surface area contributed by atoms with Crippen molar-refractivity contribution in [1.29, 1.82) is 0 Å². The maximum atomic E-state index is 6.17. The molecular weight excluding hydrogens is 340 g/mol. The standard InChI is InChI=1S/C21H30N4O2/c1-22-21(25-12-16-17(13-25)19-9-8-18(16)27-19)24-11-14-5-4-10-23-20(14)26-15-6-2-3-7-15/h4-5,10,15-19H,2-3,6-9,11-13H2,1H3,(H,22,24). The van der Waals surface area contributed by atoms with E-state index in [0.29, 0.717) is 36.7 Å². The van der Waals surface area contributed by atoms with Crippen molar-refractivity contribution in [2.75, 3.05) is 20.1 Å². The van der Waals surface area contributed by atoms with Crippen LogP contribution >= 0.6 is 0 Å². The highest BCUT2D eigenvalue weighted by molar-refractivity contribution is 5.80. The van der Waals surface area contributed by atoms with E-state index in [2.05, 4.69) is 26.3 Å². The monoisotopic (exact) mass is 370 g/mol. The first kappa shape index (κ1) is 17.3. The second kappa shape index (κ2) is 7.30. The maximum absolute atomic E-state index is 6.17. The summed E-state index contributed by atoms with van der Waals surface area (Å²) in [6.45, 7) is 2.81. The van der Waals surface area contributed by atoms with Gasteiger partial charge < -0.3 is 19.7 Å². The Bertz CT molecular complexity index is 685. The minimum absolute atomic E-state index is 0.325. The van der Waals surface area contributed by atoms with Gasteiger partial charge in [0.25, 0.3) is 0 Å². The van der Waals surface area contributed by atoms with Crippen LogP contribution in [0.5, 0.6) is 5.88 Å². The SMILES string of the molecule is CN=C(NCc1cccnc1OC1CCCC1)N1CC2C3CCC(O3)C2C1. The second-order valence-electron chi connectivity index (χ2n) is 8.42. The van der Waals surface area contributed by atoms with E-state index in [1.807, 2.05) is 19.3 Å². The Morgan fingerprint density at radius 1 is 1.22 bits per heavy atom. The lowest BCUT2D eigenvalue weighted by Crippen LogP contribution is -2.41. The number of aromatic nitrogens is 1. The fourth-order valence-electron chi connectivity index (χ4n) is 5.47. The third kappa shape index (κ3) is 3.28. The third-order valence-corrected chi connectivity index (χ3v) is 6.83. The summed E-state index contributed by atoms with van der Waals surface area (Å²) in [6, 6.07) is 4.08. The summed E-state index contributed by atoms with van der Waals surface area (Å²) in [5.74, 6) is 3.13. The first-order valence-corrected chi connectivity index (χ1v) is 10.5. The molecule has 5 rings (SSSR count). The predicted octanol–water partition coefficient (Wildman–Crippen LogP) is 2.59. The van der Waals surface area contributed by atoms with Gasteiger partial charge in [-0.2, -0.15) is 0 Å². The summed E-state index contributed by atoms with van der Waals surface area (Å²) in [7, 11) is 1.88. The van der Waals surface area contributed by atoms with Crippen LogP contribution in [0.2, 0.25) is 0 Å². The smallest absolute Gasteiger partial charge is 0.218 e. The highest BCUT2D eigenvalue weighted by Gasteiger charge is 2.53. The van der Waals surface area contributed by atoms with Crippen LogP contribution in [0.3, 0.4) is 0 Å². The molecule has 3 aliphatic heterocycles. The Balaban J connectivity index is 1.22. The molecule has 1 aromatic heterocycles. The summed E-state index contributed by atoms with van der Waals surface area (Å²) in [6.07, 6.45) is 10.4. The van der Waals surface area contributed by atoms with Crippen molar-refractivity contribution < 1.29 is 9.47 Å². The number of hydrogen-bond acceptors (Lipinski definition) is 4. The van der Waals surface area contributed by atoms with E-state index in [1.54, 1.807) is 0 Å². The Morgan fingerprint density at radius 3 is 2.67 bits per heavy atom. The van der Waals surface area contributed by atoms with Crippen molar-refractivity contribution in [3.8, 4) is 5.88 Å². The number of rotatable bonds is 4. The largest absolute Gasteiger partial charge is 0.474 e. The third-order valence-electron chi connectivity index (χ3n) is 6.83. The zero-order valence-electron chi connectivity index (χ0n) is 16.1. The number of fused-ring (bicyclic) bond motifs is 5. The molecule has 146 valence electrons. The van der Waals surface area contributed by atoms with Gasteiger partial charge in [-0.3, -0.25) is 4.99 Å². The van der Waals surface area contributed by atoms with Crippen molar-refractivity contribution in [1.82, 2.24) is 15.2 Å². The molecule has 0 spiro atoms. The Kier molecular flexibility index (Phi) is 4.68. The molecule has 1 aromatic rings. The molecule has 4 heterocycles. The van der Waals surface area contributed by atoms with Gasteiger partial charge in [0.1, 0.15) is 6.10 Å². The van der Waals surface area contributed by atoms with Gasteiger partial charge in [0.05, 0.1) is 12.2 Å². The minimum Gasteiger partial charge on any atom is -0.474 e. The lowest BCUT2D eigenvalue weighted by Gasteiger charge is -2.24. The van der Waals surface area contributed by atoms with Crippen molar-refractivity contribution in [2.45, 2.75) is 63.4 Å². The van der Waals surface area contributed by atoms with Gasteiger partial charge >= 0.3 is 0 Å². The average Bonchev–Trinajstić information content (AvgIpc) is 3.46. The first-order valence-electron chi connectivity index (χ1n) is 10.5. The normalized spacial score (nSPS) is 32.9. The molecule has 4 aliphatic rings. The van der Waals surface area contributed by atoms with E-state index in [4.69, 9.17) is 9.47 Å². The van der Waals surface area contributed by atoms with E-state index >= 15 is 0 Å². The van der Waals surface area contributed by atoms with Crippen molar-refractivity contribution in [3.63, 3.8) is 0 Å². The van der Waals surface area contributed by atoms with Gasteiger partial charge in [0, 0.05) is 50.3 Å². The van der Waals surface area contributed by atoms with Gasteiger partial charge in [0.2, 0.25) is 5.88 Å². The van der Waals surface area contributed by atoms with Crippen LogP contribution in [0.1, 0.15) is 44.1 Å². The number of likely N-dealkylation sites (tertiary alicyclic amines) is 1. The van der Waals surface area contributed by atoms with Crippen LogP contribution in [0, 0.1) is 11.8 Å². The van der Waals surface area contributed by atoms with E-state index in [0.717, 1.165) is 43.3 Å². The number of pyridine rings is 1. The summed E-state index contributed by atoms with van der Waals surface area (Å²) < 4.78 is 12.3. The first-order chi connectivity index (χ1) is 13.3. The number of hydrogen-bond donors (Lipinski definition) is 1. The Labute approximate surface area is 161 Å². The van der Waals surface area contributed by atoms with Crippen LogP contribution in [-0.4, -0.2) is 54.3 Å². The molecule has 0 aromatic carbocycles. The lowest BCUT2D eigenvalue weighted by atomic mass is 9.82. The molecule has 27 heavy (non-hydrogen) atoms. The van der Waals surface area contributed by atoms with E-state index in [9.17, 15) is 0 Å². The summed E-state index contributed by atoms with van der Waals surface area (Å²) in [5.41, 5.74) is 1.10. The van der Waals surface area contributed by atoms with Gasteiger partial charge in [-0.15, -0.1) is 0 Å². The fourth-order valence-corrected chi connectivity index (χ4v) is 5.47. The van der Waals surface area contributed by atoms with Crippen LogP contribution in [0.25, 0.3) is 0 Å². The molecule has 1 N–H and O–H groups in total. The highest BCUT2D eigenvalue weighted by Crippen LogP contribution is 2.47. The zero-order valence-corrected chi connectivity index (χ0v) is 16.1. The van der Waals surface area contributed by atoms with E-state index in [1.165, 1.54) is 25.7 Å². The number of nitrogens with one attached hydrogen (secondary N) is 1. The highest BCUT2D eigenvalue weighted by atomic mass is 16.5. The van der Waals surface area contributed by atoms with E-state index in [-0.39, 0.29) is 0 Å². The Morgan fingerprint density at radius 2 is 1.96 bits per heavy atom. The summed E-state index contributed by atoms with van der Waals surface area (Å²) >= 11 is 0. The molecule has 4 fully saturated rings. The fraction of sp³-hybridized carbons (Fsp3) is 0.714. The minimum atomic E-state index is 0.325. The molecule has 1 aliphatic carbocycles. The number of ether oxygens (including phenoxy) is 2. The van der Waals surface area contributed by atoms with Crippen LogP contribution in [-0.2, 0) is 11.3 Å².